The van der Waals surface area contributed by atoms with Crippen LogP contribution in [0.15, 0.2) is 48.5 Å². The van der Waals surface area contributed by atoms with Gasteiger partial charge in [-0.05, 0) is 54.7 Å². The van der Waals surface area contributed by atoms with Crippen LogP contribution in [-0.4, -0.2) is 72.5 Å². The van der Waals surface area contributed by atoms with Crippen LogP contribution in [0.4, 0.5) is 8.78 Å². The molecule has 2 unspecified atom stereocenters. The van der Waals surface area contributed by atoms with Crippen molar-refractivity contribution in [1.29, 1.82) is 0 Å². The molecule has 3 N–H and O–H groups in total. The SMILES string of the molecule is NC(=O)CCC1CN(C(Cc2ccc(Cl)cc2)C(=O)NCCF)CCN1C(=O)CCc1ccc(F)cc1. The van der Waals surface area contributed by atoms with Crippen molar-refractivity contribution >= 4 is 29.3 Å². The van der Waals surface area contributed by atoms with Crippen LogP contribution in [0.2, 0.25) is 5.02 Å². The van der Waals surface area contributed by atoms with Crippen molar-refractivity contribution < 1.29 is 23.2 Å². The molecule has 10 heteroatoms. The number of carbonyl (C=O) groups excluding carboxylic acids is 3. The number of benzene rings is 2. The van der Waals surface area contributed by atoms with Crippen LogP contribution < -0.4 is 11.1 Å². The van der Waals surface area contributed by atoms with E-state index >= 15 is 0 Å². The summed E-state index contributed by atoms with van der Waals surface area (Å²) < 4.78 is 26.0. The fourth-order valence-corrected chi connectivity index (χ4v) is 4.74. The summed E-state index contributed by atoms with van der Waals surface area (Å²) in [5.41, 5.74) is 7.15. The first kappa shape index (κ1) is 28.5. The van der Waals surface area contributed by atoms with Gasteiger partial charge in [0.25, 0.3) is 0 Å². The molecule has 2 aromatic rings. The van der Waals surface area contributed by atoms with E-state index in [0.717, 1.165) is 11.1 Å². The Morgan fingerprint density at radius 1 is 1.03 bits per heavy atom. The monoisotopic (exact) mass is 534 g/mol. The Bertz CT molecular complexity index is 1050. The first-order valence-corrected chi connectivity index (χ1v) is 12.8. The van der Waals surface area contributed by atoms with E-state index in [-0.39, 0.29) is 43.1 Å². The second kappa shape index (κ2) is 14.0. The number of alkyl halides is 1. The molecule has 7 nitrogen and oxygen atoms in total. The molecule has 200 valence electrons. The molecule has 3 amide bonds. The number of rotatable bonds is 12. The Morgan fingerprint density at radius 3 is 2.35 bits per heavy atom. The van der Waals surface area contributed by atoms with Crippen LogP contribution in [0.25, 0.3) is 0 Å². The minimum absolute atomic E-state index is 0.0745. The molecule has 0 aromatic heterocycles. The number of primary amides is 1. The average Bonchev–Trinajstić information content (AvgIpc) is 2.89. The average molecular weight is 535 g/mol. The number of piperazine rings is 1. The Kier molecular flexibility index (Phi) is 10.8. The van der Waals surface area contributed by atoms with Gasteiger partial charge < -0.3 is 16.0 Å². The summed E-state index contributed by atoms with van der Waals surface area (Å²) in [7, 11) is 0. The lowest BCUT2D eigenvalue weighted by atomic mass is 9.99. The van der Waals surface area contributed by atoms with Crippen molar-refractivity contribution in [2.24, 2.45) is 5.73 Å². The first-order chi connectivity index (χ1) is 17.8. The van der Waals surface area contributed by atoms with Crippen LogP contribution in [0.5, 0.6) is 0 Å². The van der Waals surface area contributed by atoms with Crippen LogP contribution in [0, 0.1) is 5.82 Å². The van der Waals surface area contributed by atoms with Gasteiger partial charge in [0.05, 0.1) is 6.04 Å². The fourth-order valence-electron chi connectivity index (χ4n) is 4.61. The van der Waals surface area contributed by atoms with Gasteiger partial charge in [0.1, 0.15) is 12.5 Å². The molecule has 1 heterocycles. The third kappa shape index (κ3) is 8.79. The van der Waals surface area contributed by atoms with Crippen molar-refractivity contribution in [3.63, 3.8) is 0 Å². The molecule has 3 rings (SSSR count). The predicted octanol–water partition coefficient (Wildman–Crippen LogP) is 2.89. The molecule has 2 atom stereocenters. The van der Waals surface area contributed by atoms with Gasteiger partial charge in [-0.15, -0.1) is 0 Å². The summed E-state index contributed by atoms with van der Waals surface area (Å²) >= 11 is 6.00. The quantitative estimate of drug-likeness (QED) is 0.438. The summed E-state index contributed by atoms with van der Waals surface area (Å²) in [4.78, 5) is 41.4. The fraction of sp³-hybridized carbons (Fsp3) is 0.444. The molecule has 2 aromatic carbocycles. The lowest BCUT2D eigenvalue weighted by Crippen LogP contribution is -2.60. The van der Waals surface area contributed by atoms with Crippen molar-refractivity contribution in [2.75, 3.05) is 32.9 Å². The zero-order valence-electron chi connectivity index (χ0n) is 20.7. The van der Waals surface area contributed by atoms with Crippen molar-refractivity contribution in [3.8, 4) is 0 Å². The smallest absolute Gasteiger partial charge is 0.237 e. The van der Waals surface area contributed by atoms with Crippen LogP contribution in [0.1, 0.15) is 30.4 Å². The molecule has 0 radical (unpaired) electrons. The number of nitrogens with one attached hydrogen (secondary N) is 1. The highest BCUT2D eigenvalue weighted by atomic mass is 35.5. The maximum absolute atomic E-state index is 13.2. The van der Waals surface area contributed by atoms with Gasteiger partial charge in [0, 0.05) is 50.1 Å². The number of nitrogens with zero attached hydrogens (tertiary/aromatic N) is 2. The molecule has 37 heavy (non-hydrogen) atoms. The number of carbonyl (C=O) groups is 3. The molecular weight excluding hydrogens is 502 g/mol. The highest BCUT2D eigenvalue weighted by Gasteiger charge is 2.35. The zero-order chi connectivity index (χ0) is 26.8. The number of halogens is 3. The minimum Gasteiger partial charge on any atom is -0.370 e. The van der Waals surface area contributed by atoms with E-state index in [1.54, 1.807) is 29.2 Å². The van der Waals surface area contributed by atoms with E-state index in [4.69, 9.17) is 17.3 Å². The van der Waals surface area contributed by atoms with Crippen LogP contribution in [-0.2, 0) is 27.2 Å². The number of aryl methyl sites for hydroxylation is 1. The minimum atomic E-state index is -0.670. The van der Waals surface area contributed by atoms with Crippen molar-refractivity contribution in [3.05, 3.63) is 70.5 Å². The largest absolute Gasteiger partial charge is 0.370 e. The lowest BCUT2D eigenvalue weighted by Gasteiger charge is -2.44. The molecule has 0 aliphatic carbocycles. The lowest BCUT2D eigenvalue weighted by molar-refractivity contribution is -0.139. The van der Waals surface area contributed by atoms with E-state index in [0.29, 0.717) is 43.9 Å². The summed E-state index contributed by atoms with van der Waals surface area (Å²) in [6, 6.07) is 12.3. The molecular formula is C27H33ClF2N4O3. The Labute approximate surface area is 220 Å². The predicted molar refractivity (Wildman–Crippen MR) is 138 cm³/mol. The van der Waals surface area contributed by atoms with E-state index < -0.39 is 18.6 Å². The van der Waals surface area contributed by atoms with Crippen molar-refractivity contribution in [2.45, 2.75) is 44.2 Å². The van der Waals surface area contributed by atoms with Gasteiger partial charge in [0.2, 0.25) is 17.7 Å². The van der Waals surface area contributed by atoms with Crippen LogP contribution >= 0.6 is 11.6 Å². The highest BCUT2D eigenvalue weighted by molar-refractivity contribution is 6.30. The maximum Gasteiger partial charge on any atom is 0.237 e. The maximum atomic E-state index is 13.2. The van der Waals surface area contributed by atoms with Gasteiger partial charge in [-0.1, -0.05) is 35.9 Å². The standard InChI is InChI=1S/C27H33ClF2N4O3/c28-21-6-1-20(2-7-21)17-24(27(37)32-14-13-29)33-15-16-34(23(18-33)10-11-25(31)35)26(36)12-5-19-3-8-22(30)9-4-19/h1-4,6-9,23-24H,5,10-18H2,(H2,31,35)(H,32,37). The highest BCUT2D eigenvalue weighted by Crippen LogP contribution is 2.21. The Balaban J connectivity index is 1.73. The third-order valence-corrected chi connectivity index (χ3v) is 6.83. The molecule has 0 bridgehead atoms. The summed E-state index contributed by atoms with van der Waals surface area (Å²) in [5.74, 6) is -1.16. The molecule has 1 aliphatic heterocycles. The number of amides is 3. The topological polar surface area (TPSA) is 95.7 Å². The van der Waals surface area contributed by atoms with E-state index in [1.807, 2.05) is 17.0 Å². The van der Waals surface area contributed by atoms with Gasteiger partial charge in [-0.3, -0.25) is 19.3 Å². The van der Waals surface area contributed by atoms with Gasteiger partial charge in [0.15, 0.2) is 0 Å². The molecule has 1 aliphatic rings. The van der Waals surface area contributed by atoms with Gasteiger partial charge >= 0.3 is 0 Å². The van der Waals surface area contributed by atoms with Crippen molar-refractivity contribution in [1.82, 2.24) is 15.1 Å². The molecule has 1 saturated heterocycles. The normalized spacial score (nSPS) is 16.8. The number of hydrogen-bond acceptors (Lipinski definition) is 4. The second-order valence-electron chi connectivity index (χ2n) is 9.19. The van der Waals surface area contributed by atoms with E-state index in [9.17, 15) is 23.2 Å². The second-order valence-corrected chi connectivity index (χ2v) is 9.63. The zero-order valence-corrected chi connectivity index (χ0v) is 21.4. The first-order valence-electron chi connectivity index (χ1n) is 12.4. The Hall–Kier alpha value is -3.04. The Morgan fingerprint density at radius 2 is 1.70 bits per heavy atom. The third-order valence-electron chi connectivity index (χ3n) is 6.58. The van der Waals surface area contributed by atoms with E-state index in [1.165, 1.54) is 12.1 Å². The van der Waals surface area contributed by atoms with Gasteiger partial charge in [-0.2, -0.15) is 0 Å². The molecule has 0 saturated carbocycles. The summed E-state index contributed by atoms with van der Waals surface area (Å²) in [6.45, 7) is 0.437. The van der Waals surface area contributed by atoms with Crippen LogP contribution in [0.3, 0.4) is 0 Å². The van der Waals surface area contributed by atoms with E-state index in [2.05, 4.69) is 5.32 Å². The number of hydrogen-bond donors (Lipinski definition) is 2. The van der Waals surface area contributed by atoms with Gasteiger partial charge in [-0.25, -0.2) is 8.78 Å². The number of nitrogens with two attached hydrogens (primary N) is 1. The summed E-state index contributed by atoms with van der Waals surface area (Å²) in [5, 5.41) is 3.22. The molecule has 1 fully saturated rings. The molecule has 0 spiro atoms. The summed E-state index contributed by atoms with van der Waals surface area (Å²) in [6.07, 6.45) is 1.57.